The molecule has 132 valence electrons. The van der Waals surface area contributed by atoms with E-state index in [2.05, 4.69) is 11.9 Å². The van der Waals surface area contributed by atoms with Crippen LogP contribution >= 0.6 is 11.6 Å². The summed E-state index contributed by atoms with van der Waals surface area (Å²) in [6.45, 7) is 6.13. The van der Waals surface area contributed by atoms with Crippen molar-refractivity contribution in [2.45, 2.75) is 31.8 Å². The molecule has 1 aromatic carbocycles. The summed E-state index contributed by atoms with van der Waals surface area (Å²) in [5, 5.41) is 4.02. The van der Waals surface area contributed by atoms with Crippen LogP contribution in [0.4, 0.5) is 0 Å². The number of primary amides is 1. The van der Waals surface area contributed by atoms with Crippen LogP contribution < -0.4 is 15.8 Å². The Kier molecular flexibility index (Phi) is 7.56. The van der Waals surface area contributed by atoms with Gasteiger partial charge in [0.25, 0.3) is 0 Å². The first-order chi connectivity index (χ1) is 11.6. The van der Waals surface area contributed by atoms with Crippen molar-refractivity contribution in [1.29, 1.82) is 0 Å². The Morgan fingerprint density at radius 3 is 2.88 bits per heavy atom. The molecule has 6 heteroatoms. The predicted molar refractivity (Wildman–Crippen MR) is 95.1 cm³/mol. The van der Waals surface area contributed by atoms with Gasteiger partial charge >= 0.3 is 0 Å². The van der Waals surface area contributed by atoms with Crippen LogP contribution in [0, 0.1) is 5.92 Å². The van der Waals surface area contributed by atoms with E-state index < -0.39 is 0 Å². The maximum Gasteiger partial charge on any atom is 0.218 e. The average Bonchev–Trinajstić information content (AvgIpc) is 2.58. The number of hydrogen-bond donors (Lipinski definition) is 2. The van der Waals surface area contributed by atoms with Crippen molar-refractivity contribution in [2.24, 2.45) is 11.7 Å². The van der Waals surface area contributed by atoms with Gasteiger partial charge in [0.15, 0.2) is 0 Å². The van der Waals surface area contributed by atoms with E-state index in [1.54, 1.807) is 6.08 Å². The molecule has 5 nitrogen and oxygen atoms in total. The van der Waals surface area contributed by atoms with Crippen molar-refractivity contribution in [2.75, 3.05) is 19.8 Å². The molecule has 0 saturated carbocycles. The third-order valence-electron chi connectivity index (χ3n) is 4.18. The molecule has 2 rings (SSSR count). The number of rotatable bonds is 9. The van der Waals surface area contributed by atoms with Gasteiger partial charge in [-0.25, -0.2) is 0 Å². The van der Waals surface area contributed by atoms with Gasteiger partial charge in [0.1, 0.15) is 12.4 Å². The highest BCUT2D eigenvalue weighted by Gasteiger charge is 2.25. The second kappa shape index (κ2) is 9.67. The molecule has 0 bridgehead atoms. The van der Waals surface area contributed by atoms with E-state index in [0.29, 0.717) is 36.3 Å². The van der Waals surface area contributed by atoms with Crippen molar-refractivity contribution >= 4 is 17.5 Å². The van der Waals surface area contributed by atoms with Crippen molar-refractivity contribution in [3.8, 4) is 5.75 Å². The third-order valence-corrected chi connectivity index (χ3v) is 4.47. The molecule has 0 aromatic heterocycles. The van der Waals surface area contributed by atoms with Crippen LogP contribution in [0.25, 0.3) is 0 Å². The Morgan fingerprint density at radius 1 is 1.50 bits per heavy atom. The van der Waals surface area contributed by atoms with Gasteiger partial charge < -0.3 is 20.5 Å². The molecule has 1 aliphatic rings. The number of benzene rings is 1. The molecule has 1 heterocycles. The summed E-state index contributed by atoms with van der Waals surface area (Å²) in [6.07, 6.45) is 3.90. The lowest BCUT2D eigenvalue weighted by atomic mass is 9.89. The van der Waals surface area contributed by atoms with E-state index in [1.807, 2.05) is 18.2 Å². The van der Waals surface area contributed by atoms with Gasteiger partial charge in [-0.1, -0.05) is 30.3 Å². The summed E-state index contributed by atoms with van der Waals surface area (Å²) in [5.41, 5.74) is 6.44. The fourth-order valence-electron chi connectivity index (χ4n) is 2.91. The molecule has 0 unspecified atom stereocenters. The number of amides is 1. The highest BCUT2D eigenvalue weighted by Crippen LogP contribution is 2.26. The predicted octanol–water partition coefficient (Wildman–Crippen LogP) is 2.67. The second-order valence-electron chi connectivity index (χ2n) is 5.97. The van der Waals surface area contributed by atoms with E-state index in [-0.39, 0.29) is 11.9 Å². The SMILES string of the molecule is C=CCOc1ccc(CN[C@H](CC(N)=O)C2CCOCC2)cc1Cl. The molecule has 24 heavy (non-hydrogen) atoms. The molecule has 0 aliphatic carbocycles. The molecule has 3 N–H and O–H groups in total. The Labute approximate surface area is 148 Å². The largest absolute Gasteiger partial charge is 0.488 e. The van der Waals surface area contributed by atoms with Gasteiger partial charge in [0.05, 0.1) is 5.02 Å². The van der Waals surface area contributed by atoms with Crippen molar-refractivity contribution in [3.63, 3.8) is 0 Å². The molecule has 1 fully saturated rings. The smallest absolute Gasteiger partial charge is 0.218 e. The van der Waals surface area contributed by atoms with Gasteiger partial charge in [-0.05, 0) is 36.5 Å². The minimum absolute atomic E-state index is 0.0573. The molecular formula is C18H25ClN2O3. The molecule has 1 amide bonds. The number of ether oxygens (including phenoxy) is 2. The van der Waals surface area contributed by atoms with Crippen LogP contribution in [-0.4, -0.2) is 31.8 Å². The van der Waals surface area contributed by atoms with E-state index in [1.165, 1.54) is 0 Å². The van der Waals surface area contributed by atoms with Crippen molar-refractivity contribution in [3.05, 3.63) is 41.4 Å². The summed E-state index contributed by atoms with van der Waals surface area (Å²) >= 11 is 6.24. The Morgan fingerprint density at radius 2 is 2.25 bits per heavy atom. The maximum absolute atomic E-state index is 11.4. The first-order valence-electron chi connectivity index (χ1n) is 8.21. The summed E-state index contributed by atoms with van der Waals surface area (Å²) in [7, 11) is 0. The van der Waals surface area contributed by atoms with Gasteiger partial charge in [-0.3, -0.25) is 4.79 Å². The highest BCUT2D eigenvalue weighted by atomic mass is 35.5. The minimum atomic E-state index is -0.287. The van der Waals surface area contributed by atoms with Crippen LogP contribution in [0.5, 0.6) is 5.75 Å². The van der Waals surface area contributed by atoms with Gasteiger partial charge in [-0.15, -0.1) is 0 Å². The number of halogens is 1. The van der Waals surface area contributed by atoms with Crippen LogP contribution in [0.3, 0.4) is 0 Å². The van der Waals surface area contributed by atoms with Crippen molar-refractivity contribution in [1.82, 2.24) is 5.32 Å². The van der Waals surface area contributed by atoms with Crippen molar-refractivity contribution < 1.29 is 14.3 Å². The Balaban J connectivity index is 1.96. The van der Waals surface area contributed by atoms with E-state index in [0.717, 1.165) is 31.6 Å². The zero-order chi connectivity index (χ0) is 17.4. The van der Waals surface area contributed by atoms with Crippen LogP contribution in [0.2, 0.25) is 5.02 Å². The van der Waals surface area contributed by atoms with Gasteiger partial charge in [0.2, 0.25) is 5.91 Å². The van der Waals surface area contributed by atoms with E-state index in [9.17, 15) is 4.79 Å². The fourth-order valence-corrected chi connectivity index (χ4v) is 3.17. The van der Waals surface area contributed by atoms with Crippen LogP contribution in [0.1, 0.15) is 24.8 Å². The number of hydrogen-bond acceptors (Lipinski definition) is 4. The van der Waals surface area contributed by atoms with Gasteiger partial charge in [0, 0.05) is 32.2 Å². The normalized spacial score (nSPS) is 16.5. The quantitative estimate of drug-likeness (QED) is 0.670. The first kappa shape index (κ1) is 18.8. The number of nitrogens with two attached hydrogens (primary N) is 1. The molecule has 1 aromatic rings. The molecule has 1 atom stereocenters. The minimum Gasteiger partial charge on any atom is -0.488 e. The molecule has 0 spiro atoms. The number of nitrogens with one attached hydrogen (secondary N) is 1. The summed E-state index contributed by atoms with van der Waals surface area (Å²) < 4.78 is 10.9. The molecule has 0 radical (unpaired) electrons. The van der Waals surface area contributed by atoms with Gasteiger partial charge in [-0.2, -0.15) is 0 Å². The second-order valence-corrected chi connectivity index (χ2v) is 6.38. The highest BCUT2D eigenvalue weighted by molar-refractivity contribution is 6.32. The Hall–Kier alpha value is -1.56. The lowest BCUT2D eigenvalue weighted by Gasteiger charge is -2.30. The molecule has 1 aliphatic heterocycles. The van der Waals surface area contributed by atoms with Crippen LogP contribution in [0.15, 0.2) is 30.9 Å². The zero-order valence-electron chi connectivity index (χ0n) is 13.8. The Bertz CT molecular complexity index is 559. The maximum atomic E-state index is 11.4. The third kappa shape index (κ3) is 5.82. The monoisotopic (exact) mass is 352 g/mol. The zero-order valence-corrected chi connectivity index (χ0v) is 14.6. The summed E-state index contributed by atoms with van der Waals surface area (Å²) in [6, 6.07) is 5.74. The van der Waals surface area contributed by atoms with E-state index >= 15 is 0 Å². The lowest BCUT2D eigenvalue weighted by Crippen LogP contribution is -2.41. The number of carbonyl (C=O) groups excluding carboxylic acids is 1. The topological polar surface area (TPSA) is 73.6 Å². The lowest BCUT2D eigenvalue weighted by molar-refractivity contribution is -0.119. The average molecular weight is 353 g/mol. The first-order valence-corrected chi connectivity index (χ1v) is 8.59. The molecular weight excluding hydrogens is 328 g/mol. The molecule has 1 saturated heterocycles. The summed E-state index contributed by atoms with van der Waals surface area (Å²) in [5.74, 6) is 0.751. The van der Waals surface area contributed by atoms with E-state index in [4.69, 9.17) is 26.8 Å². The fraction of sp³-hybridized carbons (Fsp3) is 0.500. The number of carbonyl (C=O) groups is 1. The summed E-state index contributed by atoms with van der Waals surface area (Å²) in [4.78, 5) is 11.4. The standard InChI is InChI=1S/C18H25ClN2O3/c1-2-7-24-17-4-3-13(10-15(17)19)12-21-16(11-18(20)22)14-5-8-23-9-6-14/h2-4,10,14,16,21H,1,5-9,11-12H2,(H2,20,22)/t16-/m1/s1. The van der Waals surface area contributed by atoms with Crippen LogP contribution in [-0.2, 0) is 16.1 Å².